The number of hydrogen-bond donors (Lipinski definition) is 1. The number of nitrogens with zero attached hydrogens (tertiary/aromatic N) is 3. The number of carbonyl (C=O) groups is 1. The lowest BCUT2D eigenvalue weighted by Crippen LogP contribution is -2.14. The molecule has 0 fully saturated rings. The molecule has 0 atom stereocenters. The highest BCUT2D eigenvalue weighted by Crippen LogP contribution is 2.20. The number of rotatable bonds is 8. The number of aromatic nitrogens is 3. The highest BCUT2D eigenvalue weighted by atomic mass is 16.5. The van der Waals surface area contributed by atoms with Crippen LogP contribution in [0.1, 0.15) is 17.8 Å². The number of hydrogen-bond acceptors (Lipinski definition) is 5. The quantitative estimate of drug-likeness (QED) is 0.469. The van der Waals surface area contributed by atoms with E-state index in [-0.39, 0.29) is 5.91 Å². The van der Waals surface area contributed by atoms with Gasteiger partial charge in [0.25, 0.3) is 0 Å². The summed E-state index contributed by atoms with van der Waals surface area (Å²) in [4.78, 5) is 21.8. The number of carbonyl (C=O) groups excluding carboxylic acids is 1. The number of nitrogens with one attached hydrogen (secondary N) is 1. The summed E-state index contributed by atoms with van der Waals surface area (Å²) in [5.41, 5.74) is 3.44. The zero-order valence-corrected chi connectivity index (χ0v) is 17.5. The van der Waals surface area contributed by atoms with Crippen molar-refractivity contribution in [1.29, 1.82) is 0 Å². The van der Waals surface area contributed by atoms with Crippen molar-refractivity contribution in [2.45, 2.75) is 19.4 Å². The topological polar surface area (TPSA) is 78.3 Å². The number of imidazole rings is 1. The van der Waals surface area contributed by atoms with Crippen LogP contribution in [0, 0.1) is 0 Å². The minimum absolute atomic E-state index is 0.0794. The lowest BCUT2D eigenvalue weighted by molar-refractivity contribution is -0.116. The third kappa shape index (κ3) is 4.83. The SMILES string of the molecule is COc1ccc(Cn2c(CCC(=O)Nc3cccc(OC)c3)nc3cccnc32)cc1. The normalized spacial score (nSPS) is 10.8. The Hall–Kier alpha value is -3.87. The molecule has 0 saturated carbocycles. The number of methoxy groups -OCH3 is 2. The molecule has 0 aliphatic rings. The Labute approximate surface area is 180 Å². The van der Waals surface area contributed by atoms with Crippen molar-refractivity contribution in [1.82, 2.24) is 14.5 Å². The van der Waals surface area contributed by atoms with Crippen LogP contribution in [0.2, 0.25) is 0 Å². The predicted octanol–water partition coefficient (Wildman–Crippen LogP) is 4.07. The van der Waals surface area contributed by atoms with Gasteiger partial charge in [0.2, 0.25) is 5.91 Å². The molecule has 0 aliphatic heterocycles. The average molecular weight is 416 g/mol. The van der Waals surface area contributed by atoms with Gasteiger partial charge < -0.3 is 19.4 Å². The summed E-state index contributed by atoms with van der Waals surface area (Å²) >= 11 is 0. The molecule has 0 radical (unpaired) electrons. The van der Waals surface area contributed by atoms with Crippen LogP contribution in [0.25, 0.3) is 11.2 Å². The molecule has 4 rings (SSSR count). The maximum Gasteiger partial charge on any atom is 0.224 e. The third-order valence-corrected chi connectivity index (χ3v) is 5.01. The van der Waals surface area contributed by atoms with Gasteiger partial charge in [0.15, 0.2) is 5.65 Å². The zero-order valence-electron chi connectivity index (χ0n) is 17.5. The van der Waals surface area contributed by atoms with Gasteiger partial charge in [-0.05, 0) is 42.0 Å². The van der Waals surface area contributed by atoms with Gasteiger partial charge in [-0.15, -0.1) is 0 Å². The van der Waals surface area contributed by atoms with Gasteiger partial charge in [-0.25, -0.2) is 9.97 Å². The summed E-state index contributed by atoms with van der Waals surface area (Å²) in [6.07, 6.45) is 2.57. The fourth-order valence-corrected chi connectivity index (χ4v) is 3.43. The van der Waals surface area contributed by atoms with E-state index in [0.29, 0.717) is 30.8 Å². The van der Waals surface area contributed by atoms with Crippen LogP contribution in [0.3, 0.4) is 0 Å². The number of ether oxygens (including phenoxy) is 2. The van der Waals surface area contributed by atoms with Gasteiger partial charge in [-0.1, -0.05) is 18.2 Å². The molecule has 0 saturated heterocycles. The van der Waals surface area contributed by atoms with E-state index in [1.807, 2.05) is 54.6 Å². The van der Waals surface area contributed by atoms with E-state index in [0.717, 1.165) is 28.3 Å². The second kappa shape index (κ2) is 9.30. The van der Waals surface area contributed by atoms with Crippen molar-refractivity contribution >= 4 is 22.8 Å². The van der Waals surface area contributed by atoms with Gasteiger partial charge in [0.1, 0.15) is 22.8 Å². The maximum atomic E-state index is 12.5. The smallest absolute Gasteiger partial charge is 0.224 e. The van der Waals surface area contributed by atoms with E-state index in [9.17, 15) is 4.79 Å². The summed E-state index contributed by atoms with van der Waals surface area (Å²) in [5, 5.41) is 2.92. The molecule has 0 bridgehead atoms. The lowest BCUT2D eigenvalue weighted by atomic mass is 10.2. The standard InChI is InChI=1S/C24H24N4O3/c1-30-19-10-8-17(9-11-19)16-28-22(27-21-7-4-14-25-24(21)28)12-13-23(29)26-18-5-3-6-20(15-18)31-2/h3-11,14-15H,12-13,16H2,1-2H3,(H,26,29). The second-order valence-corrected chi connectivity index (χ2v) is 7.09. The predicted molar refractivity (Wildman–Crippen MR) is 120 cm³/mol. The van der Waals surface area contributed by atoms with Crippen LogP contribution in [-0.4, -0.2) is 34.7 Å². The van der Waals surface area contributed by atoms with Crippen LogP contribution >= 0.6 is 0 Å². The van der Waals surface area contributed by atoms with Crippen molar-refractivity contribution < 1.29 is 14.3 Å². The third-order valence-electron chi connectivity index (χ3n) is 5.01. The monoisotopic (exact) mass is 416 g/mol. The van der Waals surface area contributed by atoms with Crippen LogP contribution in [-0.2, 0) is 17.8 Å². The van der Waals surface area contributed by atoms with Crippen molar-refractivity contribution in [2.75, 3.05) is 19.5 Å². The van der Waals surface area contributed by atoms with Crippen molar-refractivity contribution in [3.8, 4) is 11.5 Å². The molecule has 158 valence electrons. The van der Waals surface area contributed by atoms with E-state index in [1.54, 1.807) is 26.5 Å². The maximum absolute atomic E-state index is 12.5. The minimum atomic E-state index is -0.0794. The molecule has 2 aromatic heterocycles. The number of anilines is 1. The molecule has 7 nitrogen and oxygen atoms in total. The van der Waals surface area contributed by atoms with Crippen LogP contribution < -0.4 is 14.8 Å². The number of fused-ring (bicyclic) bond motifs is 1. The second-order valence-electron chi connectivity index (χ2n) is 7.09. The van der Waals surface area contributed by atoms with E-state index >= 15 is 0 Å². The molecule has 31 heavy (non-hydrogen) atoms. The molecule has 2 heterocycles. The molecule has 0 aliphatic carbocycles. The average Bonchev–Trinajstić information content (AvgIpc) is 3.15. The first-order chi connectivity index (χ1) is 15.2. The van der Waals surface area contributed by atoms with Crippen LogP contribution in [0.15, 0.2) is 66.9 Å². The fraction of sp³-hybridized carbons (Fsp3) is 0.208. The molecule has 2 aromatic carbocycles. The Kier molecular flexibility index (Phi) is 6.12. The van der Waals surface area contributed by atoms with E-state index in [2.05, 4.69) is 14.9 Å². The minimum Gasteiger partial charge on any atom is -0.497 e. The highest BCUT2D eigenvalue weighted by molar-refractivity contribution is 5.91. The Morgan fingerprint density at radius 1 is 1.00 bits per heavy atom. The first-order valence-corrected chi connectivity index (χ1v) is 10.0. The Morgan fingerprint density at radius 3 is 2.58 bits per heavy atom. The van der Waals surface area contributed by atoms with Crippen molar-refractivity contribution in [3.63, 3.8) is 0 Å². The number of benzene rings is 2. The molecular weight excluding hydrogens is 392 g/mol. The molecule has 0 unspecified atom stereocenters. The first kappa shape index (κ1) is 20.4. The first-order valence-electron chi connectivity index (χ1n) is 10.0. The lowest BCUT2D eigenvalue weighted by Gasteiger charge is -2.10. The summed E-state index contributed by atoms with van der Waals surface area (Å²) < 4.78 is 12.5. The number of pyridine rings is 1. The van der Waals surface area contributed by atoms with Gasteiger partial charge in [-0.2, -0.15) is 0 Å². The molecule has 4 aromatic rings. The zero-order chi connectivity index (χ0) is 21.6. The summed E-state index contributed by atoms with van der Waals surface area (Å²) in [5.74, 6) is 2.26. The molecule has 7 heteroatoms. The van der Waals surface area contributed by atoms with Crippen LogP contribution in [0.4, 0.5) is 5.69 Å². The van der Waals surface area contributed by atoms with E-state index in [4.69, 9.17) is 14.5 Å². The van der Waals surface area contributed by atoms with Gasteiger partial charge >= 0.3 is 0 Å². The van der Waals surface area contributed by atoms with E-state index < -0.39 is 0 Å². The van der Waals surface area contributed by atoms with Crippen molar-refractivity contribution in [2.24, 2.45) is 0 Å². The summed E-state index contributed by atoms with van der Waals surface area (Å²) in [6.45, 7) is 0.615. The Morgan fingerprint density at radius 2 is 1.81 bits per heavy atom. The van der Waals surface area contributed by atoms with Crippen molar-refractivity contribution in [3.05, 3.63) is 78.2 Å². The van der Waals surface area contributed by atoms with E-state index in [1.165, 1.54) is 0 Å². The molecule has 0 spiro atoms. The highest BCUT2D eigenvalue weighted by Gasteiger charge is 2.14. The Balaban J connectivity index is 1.51. The van der Waals surface area contributed by atoms with Gasteiger partial charge in [0.05, 0.1) is 20.8 Å². The number of amides is 1. The number of aryl methyl sites for hydroxylation is 1. The van der Waals surface area contributed by atoms with Gasteiger partial charge in [0, 0.05) is 30.8 Å². The molecule has 1 N–H and O–H groups in total. The Bertz CT molecular complexity index is 1190. The summed E-state index contributed by atoms with van der Waals surface area (Å²) in [6, 6.07) is 19.0. The fourth-order valence-electron chi connectivity index (χ4n) is 3.43. The summed E-state index contributed by atoms with van der Waals surface area (Å²) in [7, 11) is 3.25. The van der Waals surface area contributed by atoms with Gasteiger partial charge in [-0.3, -0.25) is 4.79 Å². The molecule has 1 amide bonds. The largest absolute Gasteiger partial charge is 0.497 e. The molecular formula is C24H24N4O3. The van der Waals surface area contributed by atoms with Crippen LogP contribution in [0.5, 0.6) is 11.5 Å².